The van der Waals surface area contributed by atoms with Crippen LogP contribution in [-0.2, 0) is 9.59 Å². The molecule has 2 amide bonds. The Morgan fingerprint density at radius 1 is 0.963 bits per heavy atom. The second-order valence-corrected chi connectivity index (χ2v) is 9.77. The van der Waals surface area contributed by atoms with Gasteiger partial charge >= 0.3 is 0 Å². The van der Waals surface area contributed by atoms with Crippen molar-refractivity contribution in [3.63, 3.8) is 0 Å². The van der Waals surface area contributed by atoms with Gasteiger partial charge in [0.25, 0.3) is 0 Å². The van der Waals surface area contributed by atoms with E-state index in [-0.39, 0.29) is 17.8 Å². The third-order valence-electron chi connectivity index (χ3n) is 5.19. The topological polar surface area (TPSA) is 96.0 Å². The molecule has 1 aromatic heterocycles. The van der Waals surface area contributed by atoms with E-state index in [0.29, 0.717) is 17.8 Å². The molecular weight excluding hydrogens is 342 g/mol. The van der Waals surface area contributed by atoms with Gasteiger partial charge in [-0.15, -0.1) is 0 Å². The lowest BCUT2D eigenvalue weighted by Crippen LogP contribution is -2.36. The molecule has 0 aromatic carbocycles. The van der Waals surface area contributed by atoms with Crippen molar-refractivity contribution in [3.8, 4) is 0 Å². The van der Waals surface area contributed by atoms with Crippen molar-refractivity contribution in [2.24, 2.45) is 10.8 Å². The first-order valence-electron chi connectivity index (χ1n) is 9.76. The average Bonchev–Trinajstić information content (AvgIpc) is 2.52. The van der Waals surface area contributed by atoms with E-state index in [2.05, 4.69) is 25.9 Å². The molecule has 2 atom stereocenters. The minimum atomic E-state index is -0.558. The molecule has 7 nitrogen and oxygen atoms in total. The zero-order chi connectivity index (χ0) is 20.0. The third-order valence-corrected chi connectivity index (χ3v) is 5.19. The van der Waals surface area contributed by atoms with Crippen LogP contribution in [0.2, 0.25) is 0 Å². The van der Waals surface area contributed by atoms with Crippen LogP contribution in [0, 0.1) is 10.8 Å². The Hall–Kier alpha value is -2.18. The smallest absolute Gasteiger partial charge is 0.233 e. The minimum Gasteiger partial charge on any atom is -0.367 e. The highest BCUT2D eigenvalue weighted by Crippen LogP contribution is 2.44. The van der Waals surface area contributed by atoms with Crippen molar-refractivity contribution in [2.45, 2.75) is 79.2 Å². The van der Waals surface area contributed by atoms with Gasteiger partial charge in [0, 0.05) is 22.4 Å². The van der Waals surface area contributed by atoms with Gasteiger partial charge in [0.1, 0.15) is 11.6 Å². The number of anilines is 3. The van der Waals surface area contributed by atoms with Crippen molar-refractivity contribution < 1.29 is 9.59 Å². The monoisotopic (exact) mass is 373 g/mol. The largest absolute Gasteiger partial charge is 0.367 e. The maximum atomic E-state index is 12.6. The lowest BCUT2D eigenvalue weighted by Gasteiger charge is -2.37. The number of rotatable bonds is 2. The van der Waals surface area contributed by atoms with Crippen molar-refractivity contribution in [1.29, 1.82) is 0 Å². The molecule has 2 aliphatic rings. The van der Waals surface area contributed by atoms with Crippen molar-refractivity contribution in [3.05, 3.63) is 5.56 Å². The van der Waals surface area contributed by atoms with E-state index in [1.807, 2.05) is 41.5 Å². The fourth-order valence-electron chi connectivity index (χ4n) is 3.48. The summed E-state index contributed by atoms with van der Waals surface area (Å²) in [4.78, 5) is 34.1. The fraction of sp³-hybridized carbons (Fsp3) is 0.700. The van der Waals surface area contributed by atoms with E-state index in [9.17, 15) is 9.59 Å². The summed E-state index contributed by atoms with van der Waals surface area (Å²) >= 11 is 0. The van der Waals surface area contributed by atoms with Crippen LogP contribution in [0.15, 0.2) is 0 Å². The molecule has 3 N–H and O–H groups in total. The van der Waals surface area contributed by atoms with Crippen LogP contribution < -0.4 is 16.0 Å². The number of carbonyl (C=O) groups excluding carboxylic acids is 2. The normalized spacial score (nSPS) is 21.7. The van der Waals surface area contributed by atoms with Gasteiger partial charge in [-0.05, 0) is 25.2 Å². The van der Waals surface area contributed by atoms with Crippen LogP contribution in [0.4, 0.5) is 17.6 Å². The number of hydrogen-bond acceptors (Lipinski definition) is 5. The average molecular weight is 374 g/mol. The molecule has 1 aromatic rings. The summed E-state index contributed by atoms with van der Waals surface area (Å²) in [6, 6.07) is 0.392. The molecule has 1 fully saturated rings. The summed E-state index contributed by atoms with van der Waals surface area (Å²) in [5, 5.41) is 9.26. The summed E-state index contributed by atoms with van der Waals surface area (Å²) in [5.74, 6) is 1.55. The SMILES string of the molecule is CC(C)(C)C(=O)Nc1nc(NC(=O)C(C)(C)C)c2c(n1)N[C@H]1CCC[C@@H]2C1. The van der Waals surface area contributed by atoms with Crippen molar-refractivity contribution in [1.82, 2.24) is 9.97 Å². The van der Waals surface area contributed by atoms with E-state index < -0.39 is 10.8 Å². The number of nitrogens with zero attached hydrogens (tertiary/aromatic N) is 2. The van der Waals surface area contributed by atoms with Gasteiger partial charge in [-0.25, -0.2) is 0 Å². The summed E-state index contributed by atoms with van der Waals surface area (Å²) in [6.45, 7) is 11.1. The van der Waals surface area contributed by atoms with Gasteiger partial charge in [0.05, 0.1) is 0 Å². The molecule has 2 bridgehead atoms. The standard InChI is InChI=1S/C20H31N5O2/c1-19(2,3)16(26)22-15-13-11-8-7-9-12(10-11)21-14(13)23-18(24-15)25-17(27)20(4,5)6/h11-12H,7-10H2,1-6H3,(H3,21,22,23,24,25,26,27)/t11-,12+/m1/s1. The Balaban J connectivity index is 2.00. The number of carbonyl (C=O) groups is 2. The van der Waals surface area contributed by atoms with Crippen molar-refractivity contribution in [2.75, 3.05) is 16.0 Å². The molecule has 1 aliphatic carbocycles. The summed E-state index contributed by atoms with van der Waals surface area (Å²) < 4.78 is 0. The van der Waals surface area contributed by atoms with Gasteiger partial charge in [-0.3, -0.25) is 14.9 Å². The highest BCUT2D eigenvalue weighted by Gasteiger charge is 2.35. The van der Waals surface area contributed by atoms with Crippen LogP contribution in [0.25, 0.3) is 0 Å². The second-order valence-electron chi connectivity index (χ2n) is 9.77. The zero-order valence-electron chi connectivity index (χ0n) is 17.2. The number of hydrogen-bond donors (Lipinski definition) is 3. The maximum absolute atomic E-state index is 12.6. The first-order valence-corrected chi connectivity index (χ1v) is 9.76. The molecular formula is C20H31N5O2. The fourth-order valence-corrected chi connectivity index (χ4v) is 3.48. The molecule has 0 spiro atoms. The van der Waals surface area contributed by atoms with Gasteiger partial charge in [0.2, 0.25) is 17.8 Å². The van der Waals surface area contributed by atoms with E-state index >= 15 is 0 Å². The van der Waals surface area contributed by atoms with Gasteiger partial charge in [0.15, 0.2) is 0 Å². The second kappa shape index (κ2) is 6.77. The first-order chi connectivity index (χ1) is 12.4. The van der Waals surface area contributed by atoms with Crippen molar-refractivity contribution >= 4 is 29.4 Å². The Morgan fingerprint density at radius 3 is 2.22 bits per heavy atom. The Kier molecular flexibility index (Phi) is 4.91. The number of nitrogens with one attached hydrogen (secondary N) is 3. The van der Waals surface area contributed by atoms with Gasteiger partial charge < -0.3 is 10.6 Å². The minimum absolute atomic E-state index is 0.102. The van der Waals surface area contributed by atoms with Gasteiger partial charge in [-0.1, -0.05) is 48.0 Å². The van der Waals surface area contributed by atoms with E-state index in [0.717, 1.165) is 37.1 Å². The summed E-state index contributed by atoms with van der Waals surface area (Å²) in [6.07, 6.45) is 4.37. The molecule has 1 saturated carbocycles. The van der Waals surface area contributed by atoms with Crippen LogP contribution in [0.3, 0.4) is 0 Å². The number of fused-ring (bicyclic) bond motifs is 4. The quantitative estimate of drug-likeness (QED) is 0.731. The summed E-state index contributed by atoms with van der Waals surface area (Å²) in [5.41, 5.74) is -0.126. The third kappa shape index (κ3) is 4.22. The zero-order valence-corrected chi connectivity index (χ0v) is 17.2. The number of aromatic nitrogens is 2. The summed E-state index contributed by atoms with van der Waals surface area (Å²) in [7, 11) is 0. The van der Waals surface area contributed by atoms with Gasteiger partial charge in [-0.2, -0.15) is 9.97 Å². The molecule has 7 heteroatoms. The predicted octanol–water partition coefficient (Wildman–Crippen LogP) is 3.90. The van der Waals surface area contributed by atoms with E-state index in [1.54, 1.807) is 0 Å². The maximum Gasteiger partial charge on any atom is 0.233 e. The lowest BCUT2D eigenvalue weighted by atomic mass is 9.78. The molecule has 0 saturated heterocycles. The van der Waals surface area contributed by atoms with E-state index in [4.69, 9.17) is 0 Å². The molecule has 27 heavy (non-hydrogen) atoms. The highest BCUT2D eigenvalue weighted by molar-refractivity contribution is 5.96. The lowest BCUT2D eigenvalue weighted by molar-refractivity contribution is -0.123. The molecule has 1 aliphatic heterocycles. The van der Waals surface area contributed by atoms with Crippen LogP contribution >= 0.6 is 0 Å². The van der Waals surface area contributed by atoms with Crippen LogP contribution in [0.1, 0.15) is 78.7 Å². The van der Waals surface area contributed by atoms with Crippen LogP contribution in [-0.4, -0.2) is 27.8 Å². The Morgan fingerprint density at radius 2 is 1.59 bits per heavy atom. The molecule has 0 radical (unpaired) electrons. The molecule has 148 valence electrons. The molecule has 0 unspecified atom stereocenters. The molecule has 3 rings (SSSR count). The number of amides is 2. The predicted molar refractivity (Wildman–Crippen MR) is 107 cm³/mol. The van der Waals surface area contributed by atoms with Crippen LogP contribution in [0.5, 0.6) is 0 Å². The van der Waals surface area contributed by atoms with E-state index in [1.165, 1.54) is 0 Å². The highest BCUT2D eigenvalue weighted by atomic mass is 16.2. The Labute approximate surface area is 161 Å². The Bertz CT molecular complexity index is 761. The molecule has 2 heterocycles. The first kappa shape index (κ1) is 19.6.